The molecule has 0 aromatic heterocycles. The van der Waals surface area contributed by atoms with Gasteiger partial charge in [-0.2, -0.15) is 0 Å². The number of hydrogen-bond donors (Lipinski definition) is 1. The Morgan fingerprint density at radius 2 is 2.06 bits per heavy atom. The number of ether oxygens (including phenoxy) is 3. The van der Waals surface area contributed by atoms with E-state index < -0.39 is 0 Å². The van der Waals surface area contributed by atoms with Gasteiger partial charge in [0.1, 0.15) is 5.82 Å². The second-order valence-electron chi connectivity index (χ2n) is 8.19. The van der Waals surface area contributed by atoms with Crippen molar-refractivity contribution in [3.63, 3.8) is 0 Å². The van der Waals surface area contributed by atoms with Crippen LogP contribution in [0.25, 0.3) is 0 Å². The minimum Gasteiger partial charge on any atom is -0.493 e. The molecule has 1 saturated heterocycles. The lowest BCUT2D eigenvalue weighted by atomic mass is 10.1. The van der Waals surface area contributed by atoms with Crippen molar-refractivity contribution in [2.75, 3.05) is 20.4 Å². The topological polar surface area (TPSA) is 60.0 Å². The monoisotopic (exact) mass is 444 g/mol. The second kappa shape index (κ2) is 8.59. The lowest BCUT2D eigenvalue weighted by Gasteiger charge is -2.24. The van der Waals surface area contributed by atoms with Crippen LogP contribution in [0.4, 0.5) is 4.39 Å². The molecule has 2 fully saturated rings. The second-order valence-corrected chi connectivity index (χ2v) is 9.56. The molecule has 1 aliphatic carbocycles. The molecule has 1 saturated carbocycles. The highest BCUT2D eigenvalue weighted by Gasteiger charge is 2.39. The third kappa shape index (κ3) is 4.60. The maximum atomic E-state index is 13.3. The average Bonchev–Trinajstić information content (AvgIpc) is 3.29. The highest BCUT2D eigenvalue weighted by atomic mass is 32.2. The van der Waals surface area contributed by atoms with E-state index in [-0.39, 0.29) is 29.8 Å². The summed E-state index contributed by atoms with van der Waals surface area (Å²) in [5, 5.41) is 3.41. The molecule has 31 heavy (non-hydrogen) atoms. The van der Waals surface area contributed by atoms with E-state index in [1.54, 1.807) is 31.0 Å². The lowest BCUT2D eigenvalue weighted by Crippen LogP contribution is -2.43. The molecule has 2 atom stereocenters. The van der Waals surface area contributed by atoms with E-state index in [0.29, 0.717) is 29.8 Å². The van der Waals surface area contributed by atoms with Crippen molar-refractivity contribution in [1.82, 2.24) is 10.2 Å². The van der Waals surface area contributed by atoms with Crippen LogP contribution < -0.4 is 19.5 Å². The molecular weight excluding hydrogens is 419 g/mol. The van der Waals surface area contributed by atoms with Crippen molar-refractivity contribution in [3.05, 3.63) is 47.8 Å². The molecule has 3 aliphatic rings. The van der Waals surface area contributed by atoms with Gasteiger partial charge in [0.2, 0.25) is 18.4 Å². The van der Waals surface area contributed by atoms with Crippen LogP contribution in [0.1, 0.15) is 24.8 Å². The van der Waals surface area contributed by atoms with E-state index in [1.165, 1.54) is 12.1 Å². The van der Waals surface area contributed by atoms with Crippen molar-refractivity contribution >= 4 is 17.7 Å². The third-order valence-electron chi connectivity index (χ3n) is 5.81. The molecule has 164 valence electrons. The number of nitrogens with zero attached hydrogens (tertiary/aromatic N) is 1. The molecule has 5 rings (SSSR count). The van der Waals surface area contributed by atoms with Gasteiger partial charge in [-0.05, 0) is 61.2 Å². The average molecular weight is 445 g/mol. The van der Waals surface area contributed by atoms with E-state index in [9.17, 15) is 9.18 Å². The largest absolute Gasteiger partial charge is 0.493 e. The molecule has 2 aliphatic heterocycles. The van der Waals surface area contributed by atoms with Crippen LogP contribution in [0.3, 0.4) is 0 Å². The summed E-state index contributed by atoms with van der Waals surface area (Å²) in [4.78, 5) is 16.2. The maximum Gasteiger partial charge on any atom is 0.237 e. The molecule has 0 unspecified atom stereocenters. The molecule has 6 nitrogen and oxygen atoms in total. The number of rotatable bonds is 7. The Labute approximate surface area is 185 Å². The van der Waals surface area contributed by atoms with Crippen LogP contribution in [0.5, 0.6) is 17.2 Å². The minimum atomic E-state index is -0.240. The van der Waals surface area contributed by atoms with Gasteiger partial charge in [0.15, 0.2) is 11.5 Å². The number of benzene rings is 2. The van der Waals surface area contributed by atoms with Crippen LogP contribution in [0, 0.1) is 5.82 Å². The lowest BCUT2D eigenvalue weighted by molar-refractivity contribution is -0.125. The third-order valence-corrected chi connectivity index (χ3v) is 7.03. The van der Waals surface area contributed by atoms with Crippen molar-refractivity contribution in [3.8, 4) is 17.2 Å². The van der Waals surface area contributed by atoms with Gasteiger partial charge in [-0.25, -0.2) is 4.39 Å². The molecule has 0 bridgehead atoms. The number of likely N-dealkylation sites (tertiary alicyclic amines) is 1. The van der Waals surface area contributed by atoms with Gasteiger partial charge in [0, 0.05) is 29.3 Å². The first-order valence-electron chi connectivity index (χ1n) is 10.5. The number of methoxy groups -OCH3 is 1. The number of hydrogen-bond acceptors (Lipinski definition) is 6. The molecule has 0 spiro atoms. The summed E-state index contributed by atoms with van der Waals surface area (Å²) >= 11 is 1.70. The number of carbonyl (C=O) groups excluding carboxylic acids is 1. The van der Waals surface area contributed by atoms with Gasteiger partial charge in [0.05, 0.1) is 13.2 Å². The van der Waals surface area contributed by atoms with Gasteiger partial charge in [-0.3, -0.25) is 9.69 Å². The smallest absolute Gasteiger partial charge is 0.237 e. The first kappa shape index (κ1) is 20.5. The Bertz CT molecular complexity index is 967. The summed E-state index contributed by atoms with van der Waals surface area (Å²) in [6.07, 6.45) is 2.87. The quantitative estimate of drug-likeness (QED) is 0.705. The molecule has 2 aromatic carbocycles. The van der Waals surface area contributed by atoms with Gasteiger partial charge >= 0.3 is 0 Å². The predicted octanol–water partition coefficient (Wildman–Crippen LogP) is 3.58. The van der Waals surface area contributed by atoms with Gasteiger partial charge in [-0.15, -0.1) is 11.8 Å². The van der Waals surface area contributed by atoms with Crippen molar-refractivity contribution < 1.29 is 23.4 Å². The summed E-state index contributed by atoms with van der Waals surface area (Å²) in [7, 11) is 1.61. The molecule has 8 heteroatoms. The Kier molecular flexibility index (Phi) is 5.67. The van der Waals surface area contributed by atoms with Crippen LogP contribution in [-0.4, -0.2) is 48.6 Å². The molecule has 1 N–H and O–H groups in total. The van der Waals surface area contributed by atoms with Crippen molar-refractivity contribution in [2.24, 2.45) is 0 Å². The summed E-state index contributed by atoms with van der Waals surface area (Å²) in [6, 6.07) is 10.6. The molecule has 2 aromatic rings. The number of thioether (sulfide) groups is 1. The van der Waals surface area contributed by atoms with E-state index in [1.807, 2.05) is 12.1 Å². The predicted molar refractivity (Wildman–Crippen MR) is 115 cm³/mol. The summed E-state index contributed by atoms with van der Waals surface area (Å²) in [6.45, 7) is 1.56. The SMILES string of the molecule is COc1cc(CN2C[C@H](Sc3ccc(F)cc3)C[C@H]2C(=O)NC2CC2)cc2c1OCO2. The minimum absolute atomic E-state index is 0.0948. The van der Waals surface area contributed by atoms with Gasteiger partial charge < -0.3 is 19.5 Å². The van der Waals surface area contributed by atoms with E-state index in [2.05, 4.69) is 10.2 Å². The fourth-order valence-corrected chi connectivity index (χ4v) is 5.36. The summed E-state index contributed by atoms with van der Waals surface area (Å²) < 4.78 is 29.8. The standard InChI is InChI=1S/C23H25FN2O4S/c1-28-20-8-14(9-21-22(20)30-13-29-21)11-26-12-18(31-17-6-2-15(24)3-7-17)10-19(26)23(27)25-16-4-5-16/h2-3,6-9,16,18-19H,4-5,10-13H2,1H3,(H,25,27)/t18-,19+/m1/s1. The Morgan fingerprint density at radius 1 is 1.26 bits per heavy atom. The Morgan fingerprint density at radius 3 is 2.81 bits per heavy atom. The Balaban J connectivity index is 1.34. The zero-order valence-corrected chi connectivity index (χ0v) is 18.1. The van der Waals surface area contributed by atoms with Gasteiger partial charge in [-0.1, -0.05) is 0 Å². The van der Waals surface area contributed by atoms with Crippen molar-refractivity contribution in [2.45, 2.75) is 48.0 Å². The number of amides is 1. The number of halogens is 1. The Hall–Kier alpha value is -2.45. The zero-order valence-electron chi connectivity index (χ0n) is 17.3. The van der Waals surface area contributed by atoms with Crippen LogP contribution in [0.2, 0.25) is 0 Å². The van der Waals surface area contributed by atoms with E-state index >= 15 is 0 Å². The molecule has 0 radical (unpaired) electrons. The number of fused-ring (bicyclic) bond motifs is 1. The zero-order chi connectivity index (χ0) is 21.4. The highest BCUT2D eigenvalue weighted by Crippen LogP contribution is 2.43. The van der Waals surface area contributed by atoms with Gasteiger partial charge in [0.25, 0.3) is 0 Å². The van der Waals surface area contributed by atoms with E-state index in [0.717, 1.165) is 36.3 Å². The normalized spacial score (nSPS) is 22.5. The summed E-state index contributed by atoms with van der Waals surface area (Å²) in [5.74, 6) is 1.79. The number of carbonyl (C=O) groups is 1. The fourth-order valence-electron chi connectivity index (χ4n) is 4.13. The van der Waals surface area contributed by atoms with Crippen molar-refractivity contribution in [1.29, 1.82) is 0 Å². The van der Waals surface area contributed by atoms with E-state index in [4.69, 9.17) is 14.2 Å². The van der Waals surface area contributed by atoms with Crippen LogP contribution in [0.15, 0.2) is 41.3 Å². The fraction of sp³-hybridized carbons (Fsp3) is 0.435. The van der Waals surface area contributed by atoms with Crippen LogP contribution in [-0.2, 0) is 11.3 Å². The molecule has 1 amide bonds. The summed E-state index contributed by atoms with van der Waals surface area (Å²) in [5.41, 5.74) is 1.01. The first-order valence-corrected chi connectivity index (χ1v) is 11.4. The first-order chi connectivity index (χ1) is 15.1. The maximum absolute atomic E-state index is 13.3. The highest BCUT2D eigenvalue weighted by molar-refractivity contribution is 8.00. The number of nitrogens with one attached hydrogen (secondary N) is 1. The van der Waals surface area contributed by atoms with Crippen LogP contribution >= 0.6 is 11.8 Å². The molecule has 2 heterocycles. The molecular formula is C23H25FN2O4S.